The van der Waals surface area contributed by atoms with Gasteiger partial charge < -0.3 is 19.0 Å². The third-order valence-corrected chi connectivity index (χ3v) is 4.76. The molecule has 0 amide bonds. The van der Waals surface area contributed by atoms with Gasteiger partial charge >= 0.3 is 0 Å². The van der Waals surface area contributed by atoms with Gasteiger partial charge in [0.15, 0.2) is 0 Å². The molecule has 26 heavy (non-hydrogen) atoms. The van der Waals surface area contributed by atoms with E-state index < -0.39 is 6.04 Å². The topological polar surface area (TPSA) is 69.0 Å². The smallest absolute Gasteiger partial charge is 0.142 e. The molecule has 0 radical (unpaired) electrons. The third kappa shape index (κ3) is 3.43. The number of carbonyl (C=O) groups is 3. The predicted molar refractivity (Wildman–Crippen MR) is 101 cm³/mol. The van der Waals surface area contributed by atoms with E-state index in [0.29, 0.717) is 19.3 Å². The van der Waals surface area contributed by atoms with Crippen molar-refractivity contribution in [3.8, 4) is 0 Å². The van der Waals surface area contributed by atoms with Gasteiger partial charge in [0, 0.05) is 29.8 Å². The number of benzene rings is 1. The van der Waals surface area contributed by atoms with Crippen LogP contribution < -0.4 is 0 Å². The normalized spacial score (nSPS) is 12.3. The van der Waals surface area contributed by atoms with Crippen molar-refractivity contribution in [1.29, 1.82) is 0 Å². The fourth-order valence-electron chi connectivity index (χ4n) is 3.58. The fourth-order valence-corrected chi connectivity index (χ4v) is 3.58. The maximum atomic E-state index is 11.7. The van der Waals surface area contributed by atoms with Gasteiger partial charge in [-0.05, 0) is 49.4 Å². The van der Waals surface area contributed by atoms with Gasteiger partial charge in [0.25, 0.3) is 0 Å². The Hall–Kier alpha value is -2.82. The van der Waals surface area contributed by atoms with Crippen molar-refractivity contribution >= 4 is 40.8 Å². The number of aldehydes is 3. The van der Waals surface area contributed by atoms with Crippen molar-refractivity contribution in [3.05, 3.63) is 42.1 Å². The average Bonchev–Trinajstić information content (AvgIpc) is 3.01. The van der Waals surface area contributed by atoms with E-state index in [1.165, 1.54) is 5.56 Å². The monoisotopic (exact) mass is 350 g/mol. The Morgan fingerprint density at radius 3 is 2.62 bits per heavy atom. The molecule has 2 aromatic heterocycles. The summed E-state index contributed by atoms with van der Waals surface area (Å²) in [5.74, 6) is 0. The number of nitrogens with zero attached hydrogens (tertiary/aromatic N) is 2. The standard InChI is InChI=1S/C21H22N2O3/c24-13-3-1-2-7-16-8-4-11-19-20(16)18-10-5-12-22-21(18)23(19)17(15-26)9-6-14-25/h4-5,8,10-15,17H,1-3,6-7,9H2. The highest BCUT2D eigenvalue weighted by atomic mass is 16.1. The Morgan fingerprint density at radius 1 is 1.00 bits per heavy atom. The lowest BCUT2D eigenvalue weighted by Gasteiger charge is -2.14. The highest BCUT2D eigenvalue weighted by Gasteiger charge is 2.20. The van der Waals surface area contributed by atoms with E-state index >= 15 is 0 Å². The van der Waals surface area contributed by atoms with Crippen molar-refractivity contribution in [2.75, 3.05) is 0 Å². The van der Waals surface area contributed by atoms with Crippen molar-refractivity contribution in [2.45, 2.75) is 44.6 Å². The molecular formula is C21H22N2O3. The Morgan fingerprint density at radius 2 is 1.85 bits per heavy atom. The van der Waals surface area contributed by atoms with Crippen LogP contribution in [0.25, 0.3) is 21.9 Å². The highest BCUT2D eigenvalue weighted by molar-refractivity contribution is 6.09. The molecule has 3 aromatic rings. The van der Waals surface area contributed by atoms with E-state index in [9.17, 15) is 14.4 Å². The predicted octanol–water partition coefficient (Wildman–Crippen LogP) is 3.82. The summed E-state index contributed by atoms with van der Waals surface area (Å²) in [4.78, 5) is 37.6. The molecule has 5 nitrogen and oxygen atoms in total. The number of hydrogen-bond acceptors (Lipinski definition) is 4. The van der Waals surface area contributed by atoms with Crippen LogP contribution in [0.2, 0.25) is 0 Å². The molecule has 0 N–H and O–H groups in total. The number of aryl methyl sites for hydroxylation is 1. The summed E-state index contributed by atoms with van der Waals surface area (Å²) in [7, 11) is 0. The van der Waals surface area contributed by atoms with Crippen LogP contribution in [-0.4, -0.2) is 28.4 Å². The van der Waals surface area contributed by atoms with Crippen LogP contribution in [0, 0.1) is 0 Å². The minimum atomic E-state index is -0.416. The molecule has 1 unspecified atom stereocenters. The van der Waals surface area contributed by atoms with Crippen molar-refractivity contribution in [2.24, 2.45) is 0 Å². The van der Waals surface area contributed by atoms with E-state index in [-0.39, 0.29) is 0 Å². The molecular weight excluding hydrogens is 328 g/mol. The molecule has 134 valence electrons. The number of carbonyl (C=O) groups excluding carboxylic acids is 3. The van der Waals surface area contributed by atoms with Crippen LogP contribution in [0.3, 0.4) is 0 Å². The van der Waals surface area contributed by atoms with Crippen LogP contribution in [0.1, 0.15) is 43.7 Å². The summed E-state index contributed by atoms with van der Waals surface area (Å²) in [6.07, 6.45) is 8.48. The Balaban J connectivity index is 2.13. The van der Waals surface area contributed by atoms with Gasteiger partial charge in [-0.2, -0.15) is 0 Å². The Labute approximate surface area is 152 Å². The minimum Gasteiger partial charge on any atom is -0.315 e. The first kappa shape index (κ1) is 18.0. The van der Waals surface area contributed by atoms with Crippen LogP contribution in [0.15, 0.2) is 36.5 Å². The summed E-state index contributed by atoms with van der Waals surface area (Å²) >= 11 is 0. The molecule has 0 aliphatic carbocycles. The maximum Gasteiger partial charge on any atom is 0.142 e. The van der Waals surface area contributed by atoms with E-state index in [1.807, 2.05) is 28.8 Å². The first-order chi connectivity index (χ1) is 12.8. The first-order valence-corrected chi connectivity index (χ1v) is 9.01. The van der Waals surface area contributed by atoms with Gasteiger partial charge in [-0.15, -0.1) is 0 Å². The number of fused-ring (bicyclic) bond motifs is 3. The molecule has 0 fully saturated rings. The number of rotatable bonds is 10. The van der Waals surface area contributed by atoms with Crippen LogP contribution in [0.5, 0.6) is 0 Å². The molecule has 0 saturated heterocycles. The Bertz CT molecular complexity index is 930. The van der Waals surface area contributed by atoms with Crippen molar-refractivity contribution < 1.29 is 14.4 Å². The first-order valence-electron chi connectivity index (χ1n) is 9.01. The number of pyridine rings is 1. The van der Waals surface area contributed by atoms with Gasteiger partial charge in [-0.25, -0.2) is 4.98 Å². The zero-order chi connectivity index (χ0) is 18.4. The lowest BCUT2D eigenvalue weighted by atomic mass is 10.0. The average molecular weight is 350 g/mol. The fraction of sp³-hybridized carbons (Fsp3) is 0.333. The number of aromatic nitrogens is 2. The van der Waals surface area contributed by atoms with Gasteiger partial charge in [0.1, 0.15) is 24.5 Å². The van der Waals surface area contributed by atoms with Crippen molar-refractivity contribution in [1.82, 2.24) is 9.55 Å². The highest BCUT2D eigenvalue weighted by Crippen LogP contribution is 2.34. The second-order valence-corrected chi connectivity index (χ2v) is 6.42. The number of hydrogen-bond donors (Lipinski definition) is 0. The summed E-state index contributed by atoms with van der Waals surface area (Å²) < 4.78 is 1.95. The molecule has 0 spiro atoms. The summed E-state index contributed by atoms with van der Waals surface area (Å²) in [6, 6.07) is 9.60. The van der Waals surface area contributed by atoms with Gasteiger partial charge in [-0.3, -0.25) is 0 Å². The quantitative estimate of drug-likeness (QED) is 0.412. The molecule has 0 aliphatic heterocycles. The third-order valence-electron chi connectivity index (χ3n) is 4.76. The van der Waals surface area contributed by atoms with Gasteiger partial charge in [0.05, 0.1) is 11.6 Å². The maximum absolute atomic E-state index is 11.7. The number of unbranched alkanes of at least 4 members (excludes halogenated alkanes) is 2. The zero-order valence-corrected chi connectivity index (χ0v) is 14.6. The van der Waals surface area contributed by atoms with E-state index in [1.54, 1.807) is 6.20 Å². The molecule has 3 rings (SSSR count). The van der Waals surface area contributed by atoms with E-state index in [0.717, 1.165) is 60.1 Å². The van der Waals surface area contributed by atoms with Crippen LogP contribution in [0.4, 0.5) is 0 Å². The molecule has 0 saturated carbocycles. The van der Waals surface area contributed by atoms with E-state index in [4.69, 9.17) is 0 Å². The molecule has 0 aliphatic rings. The zero-order valence-electron chi connectivity index (χ0n) is 14.6. The summed E-state index contributed by atoms with van der Waals surface area (Å²) in [5.41, 5.74) is 2.94. The molecule has 1 atom stereocenters. The lowest BCUT2D eigenvalue weighted by molar-refractivity contribution is -0.111. The summed E-state index contributed by atoms with van der Waals surface area (Å²) in [6.45, 7) is 0. The second-order valence-electron chi connectivity index (χ2n) is 6.42. The van der Waals surface area contributed by atoms with Crippen molar-refractivity contribution in [3.63, 3.8) is 0 Å². The van der Waals surface area contributed by atoms with E-state index in [2.05, 4.69) is 11.1 Å². The molecule has 0 bridgehead atoms. The largest absolute Gasteiger partial charge is 0.315 e. The molecule has 2 heterocycles. The van der Waals surface area contributed by atoms with Gasteiger partial charge in [0.2, 0.25) is 0 Å². The minimum absolute atomic E-state index is 0.336. The summed E-state index contributed by atoms with van der Waals surface area (Å²) in [5, 5.41) is 2.13. The van der Waals surface area contributed by atoms with Gasteiger partial charge in [-0.1, -0.05) is 12.1 Å². The molecule has 1 aromatic carbocycles. The Kier molecular flexibility index (Phi) is 5.89. The van der Waals surface area contributed by atoms with Crippen LogP contribution in [-0.2, 0) is 20.8 Å². The van der Waals surface area contributed by atoms with Crippen LogP contribution >= 0.6 is 0 Å². The SMILES string of the molecule is O=CCCCCc1cccc2c1c1cccnc1n2C(C=O)CCC=O. The molecule has 5 heteroatoms. The second kappa shape index (κ2) is 8.52. The lowest BCUT2D eigenvalue weighted by Crippen LogP contribution is -2.11.